The monoisotopic (exact) mass is 274 g/mol. The van der Waals surface area contributed by atoms with E-state index in [0.29, 0.717) is 30.1 Å². The molecule has 1 aromatic carbocycles. The van der Waals surface area contributed by atoms with Crippen LogP contribution in [0.4, 0.5) is 5.69 Å². The molecule has 1 heterocycles. The molecular formula is C15H18N2O3. The summed E-state index contributed by atoms with van der Waals surface area (Å²) in [6.07, 6.45) is 0. The number of carbonyl (C=O) groups is 2. The third-order valence-electron chi connectivity index (χ3n) is 3.19. The first kappa shape index (κ1) is 14.3. The number of carbonyl (C=O) groups excluding carboxylic acids is 2. The fraction of sp³-hybridized carbons (Fsp3) is 0.333. The molecule has 1 aliphatic rings. The number of rotatable bonds is 6. The minimum Gasteiger partial charge on any atom is -0.497 e. The van der Waals surface area contributed by atoms with E-state index in [-0.39, 0.29) is 0 Å². The number of ketones is 1. The lowest BCUT2D eigenvalue weighted by molar-refractivity contribution is -0.114. The van der Waals surface area contributed by atoms with Crippen molar-refractivity contribution < 1.29 is 14.3 Å². The largest absolute Gasteiger partial charge is 0.497 e. The maximum atomic E-state index is 12.0. The Labute approximate surface area is 118 Å². The Hall–Kier alpha value is -2.14. The number of ether oxygens (including phenoxy) is 1. The second kappa shape index (κ2) is 5.88. The van der Waals surface area contributed by atoms with Crippen LogP contribution < -0.4 is 15.0 Å². The SMILES string of the molecule is C=C(CNCC)CN1C(=O)C(=O)c2cc(OC)ccc21. The van der Waals surface area contributed by atoms with Gasteiger partial charge in [-0.2, -0.15) is 0 Å². The zero-order valence-corrected chi connectivity index (χ0v) is 11.7. The molecule has 0 saturated heterocycles. The number of hydrogen-bond acceptors (Lipinski definition) is 4. The van der Waals surface area contributed by atoms with Crippen LogP contribution in [0.15, 0.2) is 30.4 Å². The number of anilines is 1. The summed E-state index contributed by atoms with van der Waals surface area (Å²) >= 11 is 0. The predicted molar refractivity (Wildman–Crippen MR) is 77.4 cm³/mol. The summed E-state index contributed by atoms with van der Waals surface area (Å²) in [5.74, 6) is -0.431. The summed E-state index contributed by atoms with van der Waals surface area (Å²) in [5.41, 5.74) is 1.88. The molecule has 0 atom stereocenters. The van der Waals surface area contributed by atoms with E-state index >= 15 is 0 Å². The van der Waals surface area contributed by atoms with E-state index in [4.69, 9.17) is 4.74 Å². The molecule has 1 aliphatic heterocycles. The van der Waals surface area contributed by atoms with Gasteiger partial charge in [-0.15, -0.1) is 0 Å². The highest BCUT2D eigenvalue weighted by atomic mass is 16.5. The average Bonchev–Trinajstić information content (AvgIpc) is 2.69. The van der Waals surface area contributed by atoms with Gasteiger partial charge >= 0.3 is 0 Å². The lowest BCUT2D eigenvalue weighted by Gasteiger charge is -2.18. The summed E-state index contributed by atoms with van der Waals surface area (Å²) in [7, 11) is 1.53. The predicted octanol–water partition coefficient (Wildman–Crippen LogP) is 1.39. The lowest BCUT2D eigenvalue weighted by Crippen LogP contribution is -2.33. The zero-order chi connectivity index (χ0) is 14.7. The number of likely N-dealkylation sites (N-methyl/N-ethyl adjacent to an activating group) is 1. The molecule has 0 aliphatic carbocycles. The Bertz CT molecular complexity index is 566. The van der Waals surface area contributed by atoms with Gasteiger partial charge in [0, 0.05) is 13.1 Å². The number of methoxy groups -OCH3 is 1. The van der Waals surface area contributed by atoms with Gasteiger partial charge in [-0.1, -0.05) is 13.5 Å². The molecule has 1 N–H and O–H groups in total. The number of nitrogens with zero attached hydrogens (tertiary/aromatic N) is 1. The van der Waals surface area contributed by atoms with Crippen LogP contribution in [0.2, 0.25) is 0 Å². The van der Waals surface area contributed by atoms with Gasteiger partial charge < -0.3 is 15.0 Å². The van der Waals surface area contributed by atoms with Gasteiger partial charge in [0.15, 0.2) is 0 Å². The molecule has 5 heteroatoms. The van der Waals surface area contributed by atoms with Crippen molar-refractivity contribution >= 4 is 17.4 Å². The number of hydrogen-bond donors (Lipinski definition) is 1. The first-order valence-corrected chi connectivity index (χ1v) is 6.50. The third-order valence-corrected chi connectivity index (χ3v) is 3.19. The van der Waals surface area contributed by atoms with E-state index in [9.17, 15) is 9.59 Å². The van der Waals surface area contributed by atoms with Gasteiger partial charge in [-0.25, -0.2) is 0 Å². The number of fused-ring (bicyclic) bond motifs is 1. The van der Waals surface area contributed by atoms with Crippen molar-refractivity contribution in [3.63, 3.8) is 0 Å². The summed E-state index contributed by atoms with van der Waals surface area (Å²) in [4.78, 5) is 25.5. The molecule has 0 fully saturated rings. The molecule has 0 spiro atoms. The van der Waals surface area contributed by atoms with E-state index in [1.807, 2.05) is 6.92 Å². The number of benzene rings is 1. The van der Waals surface area contributed by atoms with Crippen LogP contribution in [0.3, 0.4) is 0 Å². The molecule has 2 rings (SSSR count). The van der Waals surface area contributed by atoms with Crippen LogP contribution in [0.1, 0.15) is 17.3 Å². The molecule has 0 radical (unpaired) electrons. The van der Waals surface area contributed by atoms with Crippen LogP contribution >= 0.6 is 0 Å². The number of Topliss-reactive ketones (excluding diaryl/α,β-unsaturated/α-hetero) is 1. The summed E-state index contributed by atoms with van der Waals surface area (Å²) in [6.45, 7) is 7.73. The quantitative estimate of drug-likeness (QED) is 0.629. The van der Waals surface area contributed by atoms with Crippen LogP contribution in [0.5, 0.6) is 5.75 Å². The van der Waals surface area contributed by atoms with E-state index < -0.39 is 11.7 Å². The van der Waals surface area contributed by atoms with Crippen molar-refractivity contribution in [2.45, 2.75) is 6.92 Å². The van der Waals surface area contributed by atoms with E-state index in [1.165, 1.54) is 12.0 Å². The van der Waals surface area contributed by atoms with Gasteiger partial charge in [0.1, 0.15) is 5.75 Å². The molecule has 106 valence electrons. The lowest BCUT2D eigenvalue weighted by atomic mass is 10.1. The Balaban J connectivity index is 2.22. The molecule has 0 unspecified atom stereocenters. The minimum atomic E-state index is -0.508. The van der Waals surface area contributed by atoms with Crippen molar-refractivity contribution in [1.29, 1.82) is 0 Å². The average molecular weight is 274 g/mol. The highest BCUT2D eigenvalue weighted by molar-refractivity contribution is 6.52. The van der Waals surface area contributed by atoms with Crippen molar-refractivity contribution in [2.75, 3.05) is 31.6 Å². The molecule has 5 nitrogen and oxygen atoms in total. The van der Waals surface area contributed by atoms with Crippen molar-refractivity contribution in [1.82, 2.24) is 5.32 Å². The van der Waals surface area contributed by atoms with Gasteiger partial charge in [-0.3, -0.25) is 9.59 Å². The normalized spacial score (nSPS) is 13.6. The second-order valence-corrected chi connectivity index (χ2v) is 4.63. The Morgan fingerprint density at radius 2 is 2.15 bits per heavy atom. The van der Waals surface area contributed by atoms with Crippen LogP contribution in [0.25, 0.3) is 0 Å². The number of nitrogens with one attached hydrogen (secondary N) is 1. The van der Waals surface area contributed by atoms with E-state index in [1.54, 1.807) is 18.2 Å². The van der Waals surface area contributed by atoms with Gasteiger partial charge in [0.25, 0.3) is 11.7 Å². The van der Waals surface area contributed by atoms with Crippen LogP contribution in [-0.4, -0.2) is 38.4 Å². The van der Waals surface area contributed by atoms with Crippen molar-refractivity contribution in [3.8, 4) is 5.75 Å². The van der Waals surface area contributed by atoms with Gasteiger partial charge in [-0.05, 0) is 30.3 Å². The molecule has 0 saturated carbocycles. The first-order valence-electron chi connectivity index (χ1n) is 6.50. The Kier molecular flexibility index (Phi) is 4.20. The standard InChI is InChI=1S/C15H18N2O3/c1-4-16-8-10(2)9-17-13-6-5-11(20-3)7-12(13)14(18)15(17)19/h5-7,16H,2,4,8-9H2,1,3H3. The van der Waals surface area contributed by atoms with E-state index in [0.717, 1.165) is 12.1 Å². The molecule has 1 amide bonds. The van der Waals surface area contributed by atoms with Gasteiger partial charge in [0.05, 0.1) is 18.4 Å². The molecule has 0 aromatic heterocycles. The van der Waals surface area contributed by atoms with Crippen molar-refractivity contribution in [2.24, 2.45) is 0 Å². The molecule has 1 aromatic rings. The van der Waals surface area contributed by atoms with Crippen molar-refractivity contribution in [3.05, 3.63) is 35.9 Å². The fourth-order valence-corrected chi connectivity index (χ4v) is 2.14. The summed E-state index contributed by atoms with van der Waals surface area (Å²) in [5, 5.41) is 3.15. The minimum absolute atomic E-state index is 0.344. The summed E-state index contributed by atoms with van der Waals surface area (Å²) in [6, 6.07) is 5.07. The third kappa shape index (κ3) is 2.58. The first-order chi connectivity index (χ1) is 9.58. The maximum Gasteiger partial charge on any atom is 0.299 e. The Morgan fingerprint density at radius 3 is 2.80 bits per heavy atom. The Morgan fingerprint density at radius 1 is 1.40 bits per heavy atom. The second-order valence-electron chi connectivity index (χ2n) is 4.63. The topological polar surface area (TPSA) is 58.6 Å². The van der Waals surface area contributed by atoms with Gasteiger partial charge in [0.2, 0.25) is 0 Å². The van der Waals surface area contributed by atoms with E-state index in [2.05, 4.69) is 11.9 Å². The highest BCUT2D eigenvalue weighted by Gasteiger charge is 2.36. The molecular weight excluding hydrogens is 256 g/mol. The number of amides is 1. The fourth-order valence-electron chi connectivity index (χ4n) is 2.14. The highest BCUT2D eigenvalue weighted by Crippen LogP contribution is 2.32. The van der Waals surface area contributed by atoms with Crippen LogP contribution in [-0.2, 0) is 4.79 Å². The summed E-state index contributed by atoms with van der Waals surface area (Å²) < 4.78 is 5.08. The van der Waals surface area contributed by atoms with Crippen LogP contribution in [0, 0.1) is 0 Å². The molecule has 20 heavy (non-hydrogen) atoms. The zero-order valence-electron chi connectivity index (χ0n) is 11.7. The maximum absolute atomic E-state index is 12.0. The smallest absolute Gasteiger partial charge is 0.299 e. The molecule has 0 bridgehead atoms.